The van der Waals surface area contributed by atoms with Crippen LogP contribution in [-0.4, -0.2) is 23.2 Å². The maximum absolute atomic E-state index is 10.6. The molecule has 0 saturated heterocycles. The van der Waals surface area contributed by atoms with E-state index in [1.54, 1.807) is 19.4 Å². The predicted molar refractivity (Wildman–Crippen MR) is 48.9 cm³/mol. The Morgan fingerprint density at radius 3 is 3.08 bits per heavy atom. The summed E-state index contributed by atoms with van der Waals surface area (Å²) in [6.07, 6.45) is 0. The van der Waals surface area contributed by atoms with Crippen LogP contribution in [0.2, 0.25) is 0 Å². The van der Waals surface area contributed by atoms with Gasteiger partial charge < -0.3 is 9.84 Å². The fraction of sp³-hybridized carbons (Fsp3) is 0.500. The fourth-order valence-corrected chi connectivity index (χ4v) is 1.70. The zero-order valence-corrected chi connectivity index (χ0v) is 8.30. The normalized spacial score (nSPS) is 12.8. The highest BCUT2D eigenvalue weighted by molar-refractivity contribution is 7.09. The summed E-state index contributed by atoms with van der Waals surface area (Å²) in [5, 5.41) is 11.3. The van der Waals surface area contributed by atoms with Crippen LogP contribution in [0.15, 0.2) is 5.38 Å². The van der Waals surface area contributed by atoms with Gasteiger partial charge in [-0.2, -0.15) is 0 Å². The zero-order valence-electron chi connectivity index (χ0n) is 7.48. The van der Waals surface area contributed by atoms with Crippen molar-refractivity contribution in [1.82, 2.24) is 4.98 Å². The van der Waals surface area contributed by atoms with E-state index in [0.717, 1.165) is 5.01 Å². The molecule has 0 aliphatic heterocycles. The lowest BCUT2D eigenvalue weighted by Crippen LogP contribution is -2.07. The number of hydrogen-bond donors (Lipinski definition) is 1. The minimum absolute atomic E-state index is 0.441. The molecule has 0 bridgehead atoms. The summed E-state index contributed by atoms with van der Waals surface area (Å²) in [4.78, 5) is 14.7. The number of rotatable bonds is 4. The van der Waals surface area contributed by atoms with Crippen molar-refractivity contribution >= 4 is 17.3 Å². The first-order valence-corrected chi connectivity index (χ1v) is 4.69. The topological polar surface area (TPSA) is 59.4 Å². The molecule has 0 aliphatic carbocycles. The van der Waals surface area contributed by atoms with Gasteiger partial charge >= 0.3 is 5.97 Å². The van der Waals surface area contributed by atoms with Gasteiger partial charge in [0.1, 0.15) is 5.01 Å². The zero-order chi connectivity index (χ0) is 9.84. The van der Waals surface area contributed by atoms with Gasteiger partial charge in [-0.25, -0.2) is 4.98 Å². The molecule has 1 aromatic heterocycles. The van der Waals surface area contributed by atoms with Crippen molar-refractivity contribution in [2.24, 2.45) is 0 Å². The number of methoxy groups -OCH3 is 1. The third-order valence-electron chi connectivity index (χ3n) is 1.65. The van der Waals surface area contributed by atoms with E-state index in [0.29, 0.717) is 12.3 Å². The van der Waals surface area contributed by atoms with Gasteiger partial charge in [-0.3, -0.25) is 4.79 Å². The second kappa shape index (κ2) is 4.34. The Morgan fingerprint density at radius 2 is 2.54 bits per heavy atom. The Balaban J connectivity index is 2.73. The molecule has 1 rings (SSSR count). The maximum Gasteiger partial charge on any atom is 0.312 e. The van der Waals surface area contributed by atoms with E-state index in [2.05, 4.69) is 4.98 Å². The van der Waals surface area contributed by atoms with E-state index >= 15 is 0 Å². The van der Waals surface area contributed by atoms with E-state index < -0.39 is 11.9 Å². The summed E-state index contributed by atoms with van der Waals surface area (Å²) in [7, 11) is 1.59. The lowest BCUT2D eigenvalue weighted by molar-refractivity contribution is -0.138. The Morgan fingerprint density at radius 1 is 1.85 bits per heavy atom. The molecule has 0 aromatic carbocycles. The lowest BCUT2D eigenvalue weighted by Gasteiger charge is -1.99. The number of thiazole rings is 1. The number of carbonyl (C=O) groups is 1. The lowest BCUT2D eigenvalue weighted by atomic mass is 10.1. The largest absolute Gasteiger partial charge is 0.481 e. The van der Waals surface area contributed by atoms with Crippen LogP contribution in [0.25, 0.3) is 0 Å². The molecule has 1 aromatic rings. The monoisotopic (exact) mass is 201 g/mol. The number of carboxylic acids is 1. The number of hydrogen-bond acceptors (Lipinski definition) is 4. The van der Waals surface area contributed by atoms with Crippen molar-refractivity contribution in [2.45, 2.75) is 19.4 Å². The predicted octanol–water partition coefficient (Wildman–Crippen LogP) is 1.48. The molecule has 1 heterocycles. The molecule has 0 spiro atoms. The number of aromatic nitrogens is 1. The molecule has 4 nitrogen and oxygen atoms in total. The molecule has 0 radical (unpaired) electrons. The van der Waals surface area contributed by atoms with Crippen LogP contribution in [0.5, 0.6) is 0 Å². The van der Waals surface area contributed by atoms with Gasteiger partial charge in [0.2, 0.25) is 0 Å². The van der Waals surface area contributed by atoms with Crippen LogP contribution in [-0.2, 0) is 16.1 Å². The van der Waals surface area contributed by atoms with E-state index in [9.17, 15) is 4.79 Å². The molecule has 0 fully saturated rings. The first kappa shape index (κ1) is 10.1. The van der Waals surface area contributed by atoms with Crippen molar-refractivity contribution in [3.8, 4) is 0 Å². The van der Waals surface area contributed by atoms with E-state index in [1.807, 2.05) is 0 Å². The summed E-state index contributed by atoms with van der Waals surface area (Å²) in [5.41, 5.74) is 0.601. The highest BCUT2D eigenvalue weighted by Gasteiger charge is 2.16. The minimum atomic E-state index is -0.853. The Bertz CT molecular complexity index is 297. The van der Waals surface area contributed by atoms with Gasteiger partial charge in [0.15, 0.2) is 0 Å². The summed E-state index contributed by atoms with van der Waals surface area (Å²) < 4.78 is 4.88. The molecular formula is C8H11NO3S. The van der Waals surface area contributed by atoms with Crippen LogP contribution in [0, 0.1) is 0 Å². The number of carboxylic acid groups (broad SMARTS) is 1. The van der Waals surface area contributed by atoms with Gasteiger partial charge in [0.05, 0.1) is 18.2 Å². The molecule has 1 unspecified atom stereocenters. The van der Waals surface area contributed by atoms with Crippen LogP contribution in [0.1, 0.15) is 23.5 Å². The molecular weight excluding hydrogens is 190 g/mol. The summed E-state index contributed by atoms with van der Waals surface area (Å²) >= 11 is 1.42. The Hall–Kier alpha value is -0.940. The van der Waals surface area contributed by atoms with Crippen LogP contribution in [0.3, 0.4) is 0 Å². The van der Waals surface area contributed by atoms with Gasteiger partial charge in [0, 0.05) is 12.5 Å². The molecule has 1 N–H and O–H groups in total. The van der Waals surface area contributed by atoms with Gasteiger partial charge in [-0.15, -0.1) is 11.3 Å². The molecule has 13 heavy (non-hydrogen) atoms. The Labute approximate surface area is 80.2 Å². The molecule has 0 aliphatic rings. The first-order valence-electron chi connectivity index (χ1n) is 3.81. The minimum Gasteiger partial charge on any atom is -0.481 e. The summed E-state index contributed by atoms with van der Waals surface area (Å²) in [6, 6.07) is 0. The molecule has 5 heteroatoms. The highest BCUT2D eigenvalue weighted by atomic mass is 32.1. The quantitative estimate of drug-likeness (QED) is 0.801. The number of nitrogens with zero attached hydrogens (tertiary/aromatic N) is 1. The second-order valence-electron chi connectivity index (χ2n) is 2.66. The van der Waals surface area contributed by atoms with Crippen molar-refractivity contribution in [3.05, 3.63) is 16.1 Å². The smallest absolute Gasteiger partial charge is 0.312 e. The first-order chi connectivity index (χ1) is 6.15. The van der Waals surface area contributed by atoms with Crippen molar-refractivity contribution in [3.63, 3.8) is 0 Å². The van der Waals surface area contributed by atoms with Crippen molar-refractivity contribution in [2.75, 3.05) is 7.11 Å². The average molecular weight is 201 g/mol. The van der Waals surface area contributed by atoms with Gasteiger partial charge in [-0.1, -0.05) is 0 Å². The van der Waals surface area contributed by atoms with Crippen LogP contribution < -0.4 is 0 Å². The molecule has 72 valence electrons. The standard InChI is InChI=1S/C8H11NO3S/c1-5(8(10)11)6-4-13-7(9-6)3-12-2/h4-5H,3H2,1-2H3,(H,10,11). The summed E-state index contributed by atoms with van der Waals surface area (Å²) in [6.45, 7) is 2.06. The molecule has 0 saturated carbocycles. The third kappa shape index (κ3) is 2.50. The average Bonchev–Trinajstić information content (AvgIpc) is 2.52. The summed E-state index contributed by atoms with van der Waals surface area (Å²) in [5.74, 6) is -1.39. The SMILES string of the molecule is COCc1nc(C(C)C(=O)O)cs1. The molecule has 1 atom stereocenters. The second-order valence-corrected chi connectivity index (χ2v) is 3.60. The van der Waals surface area contributed by atoms with Crippen molar-refractivity contribution in [1.29, 1.82) is 0 Å². The molecule has 0 amide bonds. The van der Waals surface area contributed by atoms with E-state index in [1.165, 1.54) is 11.3 Å². The number of aliphatic carboxylic acids is 1. The highest BCUT2D eigenvalue weighted by Crippen LogP contribution is 2.18. The van der Waals surface area contributed by atoms with Crippen molar-refractivity contribution < 1.29 is 14.6 Å². The van der Waals surface area contributed by atoms with E-state index in [-0.39, 0.29) is 0 Å². The van der Waals surface area contributed by atoms with Crippen LogP contribution >= 0.6 is 11.3 Å². The van der Waals surface area contributed by atoms with E-state index in [4.69, 9.17) is 9.84 Å². The maximum atomic E-state index is 10.6. The van der Waals surface area contributed by atoms with Gasteiger partial charge in [-0.05, 0) is 6.92 Å². The van der Waals surface area contributed by atoms with Crippen LogP contribution in [0.4, 0.5) is 0 Å². The Kier molecular flexibility index (Phi) is 3.39. The third-order valence-corrected chi connectivity index (χ3v) is 2.49. The van der Waals surface area contributed by atoms with Gasteiger partial charge in [0.25, 0.3) is 0 Å². The fourth-order valence-electron chi connectivity index (χ4n) is 0.840. The number of ether oxygens (including phenoxy) is 1.